The molecule has 3 nitrogen and oxygen atoms in total. The lowest BCUT2D eigenvalue weighted by Gasteiger charge is -2.15. The second-order valence-electron chi connectivity index (χ2n) is 4.23. The second kappa shape index (κ2) is 6.32. The van der Waals surface area contributed by atoms with Crippen LogP contribution in [0, 0.1) is 0 Å². The van der Waals surface area contributed by atoms with Gasteiger partial charge in [-0.05, 0) is 24.6 Å². The molecule has 2 N–H and O–H groups in total. The molecule has 5 heteroatoms. The molecule has 0 bridgehead atoms. The van der Waals surface area contributed by atoms with Gasteiger partial charge in [-0.15, -0.1) is 11.3 Å². The maximum absolute atomic E-state index is 10.8. The van der Waals surface area contributed by atoms with Crippen LogP contribution < -0.4 is 5.32 Å². The molecule has 0 radical (unpaired) electrons. The zero-order valence-electron chi connectivity index (χ0n) is 10.4. The largest absolute Gasteiger partial charge is 0.478 e. The minimum Gasteiger partial charge on any atom is -0.478 e. The van der Waals surface area contributed by atoms with Crippen molar-refractivity contribution in [2.24, 2.45) is 0 Å². The van der Waals surface area contributed by atoms with Crippen molar-refractivity contribution in [3.05, 3.63) is 56.2 Å². The summed E-state index contributed by atoms with van der Waals surface area (Å²) in [5.41, 5.74) is 1.55. The van der Waals surface area contributed by atoms with Gasteiger partial charge < -0.3 is 10.4 Å². The molecule has 1 aromatic heterocycles. The van der Waals surface area contributed by atoms with Gasteiger partial charge in [-0.1, -0.05) is 34.1 Å². The van der Waals surface area contributed by atoms with Gasteiger partial charge in [0.05, 0.1) is 5.56 Å². The molecular weight excluding hydrogens is 326 g/mol. The molecule has 0 saturated carbocycles. The third kappa shape index (κ3) is 3.65. The van der Waals surface area contributed by atoms with E-state index in [4.69, 9.17) is 5.11 Å². The fraction of sp³-hybridized carbons (Fsp3) is 0.214. The molecule has 1 aromatic carbocycles. The first-order chi connectivity index (χ1) is 9.08. The van der Waals surface area contributed by atoms with E-state index in [1.165, 1.54) is 16.9 Å². The van der Waals surface area contributed by atoms with E-state index in [-0.39, 0.29) is 6.04 Å². The van der Waals surface area contributed by atoms with E-state index in [0.29, 0.717) is 12.1 Å². The number of halogens is 1. The smallest absolute Gasteiger partial charge is 0.336 e. The Bertz CT molecular complexity index is 582. The van der Waals surface area contributed by atoms with E-state index >= 15 is 0 Å². The van der Waals surface area contributed by atoms with Crippen molar-refractivity contribution in [2.75, 3.05) is 0 Å². The summed E-state index contributed by atoms with van der Waals surface area (Å²) in [6.45, 7) is 2.76. The fourth-order valence-corrected chi connectivity index (χ4v) is 3.21. The van der Waals surface area contributed by atoms with Gasteiger partial charge in [0.1, 0.15) is 0 Å². The lowest BCUT2D eigenvalue weighted by molar-refractivity contribution is 0.0697. The van der Waals surface area contributed by atoms with Crippen molar-refractivity contribution >= 4 is 33.2 Å². The van der Waals surface area contributed by atoms with Crippen LogP contribution in [0.15, 0.2) is 40.2 Å². The third-order valence-corrected chi connectivity index (χ3v) is 4.51. The Hall–Kier alpha value is -1.17. The molecule has 0 saturated heterocycles. The molecule has 1 heterocycles. The Labute approximate surface area is 124 Å². The summed E-state index contributed by atoms with van der Waals surface area (Å²) in [6, 6.07) is 9.99. The number of carboxylic acids is 1. The summed E-state index contributed by atoms with van der Waals surface area (Å²) in [5.74, 6) is -0.874. The molecule has 0 aliphatic heterocycles. The van der Waals surface area contributed by atoms with E-state index in [0.717, 1.165) is 9.35 Å². The molecule has 0 amide bonds. The Morgan fingerprint density at radius 3 is 2.84 bits per heavy atom. The quantitative estimate of drug-likeness (QED) is 0.863. The number of hydrogen-bond acceptors (Lipinski definition) is 3. The number of aromatic carboxylic acids is 1. The van der Waals surface area contributed by atoms with Crippen LogP contribution in [-0.2, 0) is 6.54 Å². The van der Waals surface area contributed by atoms with Crippen molar-refractivity contribution < 1.29 is 9.90 Å². The highest BCUT2D eigenvalue weighted by atomic mass is 79.9. The lowest BCUT2D eigenvalue weighted by atomic mass is 10.1. The molecule has 0 aliphatic carbocycles. The van der Waals surface area contributed by atoms with Crippen LogP contribution >= 0.6 is 27.3 Å². The summed E-state index contributed by atoms with van der Waals surface area (Å²) in [6.07, 6.45) is 0. The molecule has 0 spiro atoms. The van der Waals surface area contributed by atoms with Crippen molar-refractivity contribution in [1.82, 2.24) is 5.32 Å². The monoisotopic (exact) mass is 339 g/mol. The van der Waals surface area contributed by atoms with Crippen LogP contribution in [0.1, 0.15) is 33.8 Å². The van der Waals surface area contributed by atoms with Crippen LogP contribution in [-0.4, -0.2) is 11.1 Å². The average Bonchev–Trinajstić information content (AvgIpc) is 2.85. The van der Waals surface area contributed by atoms with Crippen LogP contribution in [0.3, 0.4) is 0 Å². The summed E-state index contributed by atoms with van der Waals surface area (Å²) in [5, 5.41) is 13.9. The SMILES string of the molecule is C[C@@H](NCc1cc(C(=O)O)cs1)c1ccccc1Br. The predicted octanol–water partition coefficient (Wildman–Crippen LogP) is 4.06. The standard InChI is InChI=1S/C14H14BrNO2S/c1-9(12-4-2-3-5-13(12)15)16-7-11-6-10(8-19-11)14(17)18/h2-6,8-9,16H,7H2,1H3,(H,17,18)/t9-/m1/s1. The maximum Gasteiger partial charge on any atom is 0.336 e. The Kier molecular flexibility index (Phi) is 4.74. The molecule has 19 heavy (non-hydrogen) atoms. The number of carbonyl (C=O) groups is 1. The minimum atomic E-state index is -0.874. The van der Waals surface area contributed by atoms with Gasteiger partial charge in [-0.3, -0.25) is 0 Å². The van der Waals surface area contributed by atoms with E-state index in [1.54, 1.807) is 11.4 Å². The van der Waals surface area contributed by atoms with E-state index in [9.17, 15) is 4.79 Å². The molecule has 100 valence electrons. The number of rotatable bonds is 5. The van der Waals surface area contributed by atoms with Gasteiger partial charge >= 0.3 is 5.97 Å². The van der Waals surface area contributed by atoms with Gasteiger partial charge in [-0.25, -0.2) is 4.79 Å². The van der Waals surface area contributed by atoms with E-state index in [1.807, 2.05) is 18.2 Å². The lowest BCUT2D eigenvalue weighted by Crippen LogP contribution is -2.17. The van der Waals surface area contributed by atoms with Gasteiger partial charge in [0, 0.05) is 27.3 Å². The summed E-state index contributed by atoms with van der Waals surface area (Å²) in [4.78, 5) is 11.8. The van der Waals surface area contributed by atoms with Crippen LogP contribution in [0.2, 0.25) is 0 Å². The van der Waals surface area contributed by atoms with Crippen molar-refractivity contribution in [3.8, 4) is 0 Å². The van der Waals surface area contributed by atoms with Crippen LogP contribution in [0.4, 0.5) is 0 Å². The average molecular weight is 340 g/mol. The zero-order chi connectivity index (χ0) is 13.8. The molecule has 2 rings (SSSR count). The molecule has 0 fully saturated rings. The first-order valence-electron chi connectivity index (χ1n) is 5.86. The first-order valence-corrected chi connectivity index (χ1v) is 7.53. The maximum atomic E-state index is 10.8. The highest BCUT2D eigenvalue weighted by Gasteiger charge is 2.10. The van der Waals surface area contributed by atoms with Gasteiger partial charge in [0.15, 0.2) is 0 Å². The molecule has 0 aliphatic rings. The summed E-state index contributed by atoms with van der Waals surface area (Å²) >= 11 is 5.00. The molecule has 0 unspecified atom stereocenters. The second-order valence-corrected chi connectivity index (χ2v) is 6.08. The number of nitrogens with one attached hydrogen (secondary N) is 1. The highest BCUT2D eigenvalue weighted by molar-refractivity contribution is 9.10. The molecule has 1 atom stereocenters. The third-order valence-electron chi connectivity index (χ3n) is 2.85. The van der Waals surface area contributed by atoms with Crippen LogP contribution in [0.25, 0.3) is 0 Å². The molecule has 2 aromatic rings. The van der Waals surface area contributed by atoms with Gasteiger partial charge in [0.25, 0.3) is 0 Å². The van der Waals surface area contributed by atoms with E-state index < -0.39 is 5.97 Å². The first kappa shape index (κ1) is 14.2. The summed E-state index contributed by atoms with van der Waals surface area (Å²) < 4.78 is 1.08. The highest BCUT2D eigenvalue weighted by Crippen LogP contribution is 2.23. The molecular formula is C14H14BrNO2S. The topological polar surface area (TPSA) is 49.3 Å². The van der Waals surface area contributed by atoms with Gasteiger partial charge in [0.2, 0.25) is 0 Å². The van der Waals surface area contributed by atoms with Crippen molar-refractivity contribution in [1.29, 1.82) is 0 Å². The van der Waals surface area contributed by atoms with E-state index in [2.05, 4.69) is 34.2 Å². The minimum absolute atomic E-state index is 0.200. The Morgan fingerprint density at radius 1 is 1.47 bits per heavy atom. The zero-order valence-corrected chi connectivity index (χ0v) is 12.8. The van der Waals surface area contributed by atoms with Crippen LogP contribution in [0.5, 0.6) is 0 Å². The number of thiophene rings is 1. The number of hydrogen-bond donors (Lipinski definition) is 2. The summed E-state index contributed by atoms with van der Waals surface area (Å²) in [7, 11) is 0. The van der Waals surface area contributed by atoms with Gasteiger partial charge in [-0.2, -0.15) is 0 Å². The van der Waals surface area contributed by atoms with Crippen molar-refractivity contribution in [3.63, 3.8) is 0 Å². The predicted molar refractivity (Wildman–Crippen MR) is 80.7 cm³/mol. The fourth-order valence-electron chi connectivity index (χ4n) is 1.78. The number of benzene rings is 1. The normalized spacial score (nSPS) is 12.3. The number of carboxylic acid groups (broad SMARTS) is 1. The Balaban J connectivity index is 1.98. The van der Waals surface area contributed by atoms with Crippen molar-refractivity contribution in [2.45, 2.75) is 19.5 Å². The Morgan fingerprint density at radius 2 is 2.21 bits per heavy atom.